The molecule has 0 spiro atoms. The first-order valence-corrected chi connectivity index (χ1v) is 8.78. The minimum atomic E-state index is -0.291. The van der Waals surface area contributed by atoms with Crippen LogP contribution < -0.4 is 5.32 Å². The smallest absolute Gasteiger partial charge is 0.176 e. The van der Waals surface area contributed by atoms with Crippen molar-refractivity contribution >= 4 is 0 Å². The molecule has 0 aliphatic rings. The molecule has 1 aromatic heterocycles. The Morgan fingerprint density at radius 1 is 1.04 bits per heavy atom. The Bertz CT molecular complexity index is 812. The van der Waals surface area contributed by atoms with Gasteiger partial charge >= 0.3 is 0 Å². The first kappa shape index (κ1) is 17.3. The van der Waals surface area contributed by atoms with Gasteiger partial charge in [0.25, 0.3) is 0 Å². The van der Waals surface area contributed by atoms with E-state index in [2.05, 4.69) is 78.0 Å². The highest BCUT2D eigenvalue weighted by molar-refractivity contribution is 5.40. The Labute approximate surface area is 149 Å². The summed E-state index contributed by atoms with van der Waals surface area (Å²) in [4.78, 5) is 0. The van der Waals surface area contributed by atoms with Crippen LogP contribution in [0.2, 0.25) is 0 Å². The van der Waals surface area contributed by atoms with Gasteiger partial charge in [0.2, 0.25) is 0 Å². The van der Waals surface area contributed by atoms with Crippen molar-refractivity contribution in [2.45, 2.75) is 39.2 Å². The van der Waals surface area contributed by atoms with E-state index >= 15 is 0 Å². The number of para-hydroxylation sites is 1. The molecule has 3 rings (SSSR count). The second kappa shape index (κ2) is 7.57. The number of nitrogens with zero attached hydrogens (tertiary/aromatic N) is 4. The summed E-state index contributed by atoms with van der Waals surface area (Å²) in [5.74, 6) is 0.845. The van der Waals surface area contributed by atoms with Gasteiger partial charge < -0.3 is 5.32 Å². The molecule has 0 amide bonds. The van der Waals surface area contributed by atoms with Crippen LogP contribution in [0.15, 0.2) is 54.6 Å². The third-order valence-electron chi connectivity index (χ3n) is 4.79. The fourth-order valence-electron chi connectivity index (χ4n) is 2.98. The molecule has 1 heterocycles. The van der Waals surface area contributed by atoms with E-state index in [-0.39, 0.29) is 5.54 Å². The normalized spacial score (nSPS) is 13.6. The summed E-state index contributed by atoms with van der Waals surface area (Å²) < 4.78 is 1.86. The van der Waals surface area contributed by atoms with E-state index in [0.717, 1.165) is 36.5 Å². The molecule has 5 heteroatoms. The van der Waals surface area contributed by atoms with Gasteiger partial charge in [-0.15, -0.1) is 5.10 Å². The Morgan fingerprint density at radius 2 is 1.76 bits per heavy atom. The third kappa shape index (κ3) is 3.77. The monoisotopic (exact) mass is 335 g/mol. The van der Waals surface area contributed by atoms with Crippen LogP contribution in [0.25, 0.3) is 5.69 Å². The highest BCUT2D eigenvalue weighted by atomic mass is 15.6. The molecular weight excluding hydrogens is 310 g/mol. The number of tetrazole rings is 1. The maximum atomic E-state index is 4.34. The average molecular weight is 335 g/mol. The number of aryl methyl sites for hydroxylation is 1. The van der Waals surface area contributed by atoms with Gasteiger partial charge in [-0.25, -0.2) is 0 Å². The summed E-state index contributed by atoms with van der Waals surface area (Å²) in [6, 6.07) is 18.7. The fraction of sp³-hybridized carbons (Fsp3) is 0.350. The zero-order valence-electron chi connectivity index (χ0n) is 15.1. The molecule has 5 nitrogen and oxygen atoms in total. The van der Waals surface area contributed by atoms with E-state index in [4.69, 9.17) is 0 Å². The Hall–Kier alpha value is -2.53. The lowest BCUT2D eigenvalue weighted by atomic mass is 9.97. The van der Waals surface area contributed by atoms with Crippen LogP contribution in [0.5, 0.6) is 0 Å². The quantitative estimate of drug-likeness (QED) is 0.719. The zero-order valence-corrected chi connectivity index (χ0v) is 15.1. The van der Waals surface area contributed by atoms with Gasteiger partial charge in [0.05, 0.1) is 11.2 Å². The van der Waals surface area contributed by atoms with Crippen molar-refractivity contribution in [2.75, 3.05) is 6.54 Å². The predicted octanol–water partition coefficient (Wildman–Crippen LogP) is 3.43. The van der Waals surface area contributed by atoms with Crippen molar-refractivity contribution in [3.05, 3.63) is 71.5 Å². The predicted molar refractivity (Wildman–Crippen MR) is 99.7 cm³/mol. The number of nitrogens with one attached hydrogen (secondary N) is 1. The number of hydrogen-bond acceptors (Lipinski definition) is 4. The molecule has 130 valence electrons. The van der Waals surface area contributed by atoms with Gasteiger partial charge in [-0.2, -0.15) is 4.68 Å². The molecule has 1 atom stereocenters. The van der Waals surface area contributed by atoms with E-state index in [1.54, 1.807) is 0 Å². The number of rotatable bonds is 7. The van der Waals surface area contributed by atoms with E-state index in [1.807, 2.05) is 22.9 Å². The minimum Gasteiger partial charge on any atom is -0.305 e. The summed E-state index contributed by atoms with van der Waals surface area (Å²) in [5.41, 5.74) is 3.21. The van der Waals surface area contributed by atoms with Crippen LogP contribution in [0, 0.1) is 6.92 Å². The summed E-state index contributed by atoms with van der Waals surface area (Å²) in [6.45, 7) is 7.27. The van der Waals surface area contributed by atoms with Crippen molar-refractivity contribution in [1.29, 1.82) is 0 Å². The van der Waals surface area contributed by atoms with Crippen molar-refractivity contribution in [1.82, 2.24) is 25.5 Å². The van der Waals surface area contributed by atoms with Crippen molar-refractivity contribution in [3.8, 4) is 5.69 Å². The van der Waals surface area contributed by atoms with E-state index in [1.165, 1.54) is 5.56 Å². The minimum absolute atomic E-state index is 0.291. The van der Waals surface area contributed by atoms with Crippen LogP contribution in [0.1, 0.15) is 37.2 Å². The lowest BCUT2D eigenvalue weighted by Gasteiger charge is -2.28. The van der Waals surface area contributed by atoms with E-state index < -0.39 is 0 Å². The summed E-state index contributed by atoms with van der Waals surface area (Å²) in [7, 11) is 0. The SMILES string of the molecule is CC[C@](C)(NCCc1ccccc1)c1nnnn1-c1ccccc1C. The van der Waals surface area contributed by atoms with Crippen LogP contribution >= 0.6 is 0 Å². The van der Waals surface area contributed by atoms with Crippen LogP contribution in [-0.2, 0) is 12.0 Å². The summed E-state index contributed by atoms with van der Waals surface area (Å²) in [5, 5.41) is 16.2. The topological polar surface area (TPSA) is 55.6 Å². The fourth-order valence-corrected chi connectivity index (χ4v) is 2.98. The summed E-state index contributed by atoms with van der Waals surface area (Å²) in [6.07, 6.45) is 1.87. The highest BCUT2D eigenvalue weighted by Gasteiger charge is 2.31. The Kier molecular flexibility index (Phi) is 5.24. The Morgan fingerprint density at radius 3 is 2.48 bits per heavy atom. The van der Waals surface area contributed by atoms with Gasteiger partial charge in [0.15, 0.2) is 5.82 Å². The molecule has 0 saturated heterocycles. The molecular formula is C20H25N5. The molecule has 0 aliphatic carbocycles. The average Bonchev–Trinajstić information content (AvgIpc) is 3.13. The van der Waals surface area contributed by atoms with E-state index in [0.29, 0.717) is 0 Å². The molecule has 0 radical (unpaired) electrons. The highest BCUT2D eigenvalue weighted by Crippen LogP contribution is 2.25. The molecule has 25 heavy (non-hydrogen) atoms. The third-order valence-corrected chi connectivity index (χ3v) is 4.79. The molecule has 2 aromatic carbocycles. The van der Waals surface area contributed by atoms with Gasteiger partial charge in [-0.05, 0) is 54.3 Å². The molecule has 3 aromatic rings. The van der Waals surface area contributed by atoms with Gasteiger partial charge in [0.1, 0.15) is 0 Å². The number of aromatic nitrogens is 4. The molecule has 1 N–H and O–H groups in total. The van der Waals surface area contributed by atoms with Gasteiger partial charge in [-0.3, -0.25) is 0 Å². The molecule has 0 unspecified atom stereocenters. The lowest BCUT2D eigenvalue weighted by molar-refractivity contribution is 0.328. The first-order chi connectivity index (χ1) is 12.1. The standard InChI is InChI=1S/C20H25N5/c1-4-20(3,21-15-14-17-11-6-5-7-12-17)19-22-23-24-25(19)18-13-9-8-10-16(18)2/h5-13,21H,4,14-15H2,1-3H3/t20-/m0/s1. The van der Waals surface area contributed by atoms with Crippen molar-refractivity contribution in [2.24, 2.45) is 0 Å². The first-order valence-electron chi connectivity index (χ1n) is 8.78. The lowest BCUT2D eigenvalue weighted by Crippen LogP contribution is -2.42. The van der Waals surface area contributed by atoms with Gasteiger partial charge in [-0.1, -0.05) is 55.5 Å². The van der Waals surface area contributed by atoms with E-state index in [9.17, 15) is 0 Å². The molecule has 0 bridgehead atoms. The zero-order chi connectivity index (χ0) is 17.7. The maximum Gasteiger partial charge on any atom is 0.176 e. The number of benzene rings is 2. The van der Waals surface area contributed by atoms with Gasteiger partial charge in [0, 0.05) is 6.54 Å². The number of hydrogen-bond donors (Lipinski definition) is 1. The molecule has 0 fully saturated rings. The largest absolute Gasteiger partial charge is 0.305 e. The Balaban J connectivity index is 1.81. The maximum absolute atomic E-state index is 4.34. The van der Waals surface area contributed by atoms with Crippen molar-refractivity contribution < 1.29 is 0 Å². The molecule has 0 saturated carbocycles. The second-order valence-electron chi connectivity index (χ2n) is 6.55. The van der Waals surface area contributed by atoms with Crippen LogP contribution in [0.4, 0.5) is 0 Å². The molecule has 0 aliphatic heterocycles. The second-order valence-corrected chi connectivity index (χ2v) is 6.55. The van der Waals surface area contributed by atoms with Crippen LogP contribution in [0.3, 0.4) is 0 Å². The summed E-state index contributed by atoms with van der Waals surface area (Å²) >= 11 is 0. The van der Waals surface area contributed by atoms with Crippen LogP contribution in [-0.4, -0.2) is 26.8 Å². The van der Waals surface area contributed by atoms with Crippen molar-refractivity contribution in [3.63, 3.8) is 0 Å².